The minimum atomic E-state index is -0.929. The summed E-state index contributed by atoms with van der Waals surface area (Å²) >= 11 is -0.929. The van der Waals surface area contributed by atoms with Crippen LogP contribution in [0.25, 0.3) is 0 Å². The van der Waals surface area contributed by atoms with E-state index in [1.165, 1.54) is 17.3 Å². The normalized spacial score (nSPS) is 29.6. The second-order valence-corrected chi connectivity index (χ2v) is 8.35. The number of fused-ring (bicyclic) bond motifs is 2. The van der Waals surface area contributed by atoms with Gasteiger partial charge >= 0.3 is 6.09 Å². The summed E-state index contributed by atoms with van der Waals surface area (Å²) in [5, 5.41) is 9.53. The van der Waals surface area contributed by atoms with Crippen LogP contribution in [0, 0.1) is 11.2 Å². The van der Waals surface area contributed by atoms with Crippen molar-refractivity contribution in [3.8, 4) is 0 Å². The molecule has 27 heavy (non-hydrogen) atoms. The van der Waals surface area contributed by atoms with Crippen LogP contribution in [0.1, 0.15) is 12.8 Å². The van der Waals surface area contributed by atoms with Gasteiger partial charge in [-0.25, -0.2) is 14.2 Å². The van der Waals surface area contributed by atoms with Crippen LogP contribution in [0.15, 0.2) is 23.2 Å². The van der Waals surface area contributed by atoms with Gasteiger partial charge in [0.2, 0.25) is 0 Å². The highest BCUT2D eigenvalue weighted by molar-refractivity contribution is 7.92. The predicted molar refractivity (Wildman–Crippen MR) is 102 cm³/mol. The van der Waals surface area contributed by atoms with E-state index in [2.05, 4.69) is 10.3 Å². The number of hydrogen-bond donors (Lipinski definition) is 2. The molecule has 8 nitrogen and oxygen atoms in total. The van der Waals surface area contributed by atoms with E-state index < -0.39 is 29.2 Å². The van der Waals surface area contributed by atoms with Crippen LogP contribution < -0.4 is 15.1 Å². The summed E-state index contributed by atoms with van der Waals surface area (Å²) in [6, 6.07) is 4.83. The number of benzene rings is 1. The van der Waals surface area contributed by atoms with Gasteiger partial charge in [-0.15, -0.1) is 0 Å². The Morgan fingerprint density at radius 2 is 2.33 bits per heavy atom. The highest BCUT2D eigenvalue weighted by atomic mass is 32.2. The fourth-order valence-electron chi connectivity index (χ4n) is 3.91. The number of aliphatic imine (C=N–C) groups is 1. The van der Waals surface area contributed by atoms with E-state index in [4.69, 9.17) is 10.1 Å². The molecular formula is C17H20FN5O3S. The highest BCUT2D eigenvalue weighted by Gasteiger charge is 2.50. The summed E-state index contributed by atoms with van der Waals surface area (Å²) < 4.78 is 32.1. The van der Waals surface area contributed by atoms with Crippen LogP contribution in [0.5, 0.6) is 0 Å². The molecule has 0 spiro atoms. The van der Waals surface area contributed by atoms with E-state index in [0.717, 1.165) is 19.2 Å². The molecule has 3 aliphatic heterocycles. The number of nitrogens with zero attached hydrogens (tertiary/aromatic N) is 3. The summed E-state index contributed by atoms with van der Waals surface area (Å²) in [5.41, 5.74) is 0.885. The molecule has 0 saturated carbocycles. The summed E-state index contributed by atoms with van der Waals surface area (Å²) in [4.78, 5) is 19.0. The molecule has 3 aliphatic rings. The maximum Gasteiger partial charge on any atom is 0.414 e. The second kappa shape index (κ2) is 7.35. The minimum absolute atomic E-state index is 0.106. The smallest absolute Gasteiger partial charge is 0.414 e. The van der Waals surface area contributed by atoms with Gasteiger partial charge in [0.25, 0.3) is 0 Å². The third-order valence-electron chi connectivity index (χ3n) is 5.09. The van der Waals surface area contributed by atoms with E-state index in [9.17, 15) is 13.7 Å². The van der Waals surface area contributed by atoms with Crippen molar-refractivity contribution in [2.24, 2.45) is 4.99 Å². The molecule has 2 bridgehead atoms. The summed E-state index contributed by atoms with van der Waals surface area (Å²) in [7, 11) is 0. The van der Waals surface area contributed by atoms with E-state index >= 15 is 0 Å². The average Bonchev–Trinajstić information content (AvgIpc) is 3.31. The van der Waals surface area contributed by atoms with Crippen molar-refractivity contribution >= 4 is 41.3 Å². The molecule has 1 aromatic rings. The average molecular weight is 393 g/mol. The molecule has 3 fully saturated rings. The highest BCUT2D eigenvalue weighted by Crippen LogP contribution is 2.42. The van der Waals surface area contributed by atoms with Gasteiger partial charge in [0.05, 0.1) is 36.8 Å². The van der Waals surface area contributed by atoms with Crippen molar-refractivity contribution < 1.29 is 18.5 Å². The van der Waals surface area contributed by atoms with Gasteiger partial charge in [0, 0.05) is 6.42 Å². The molecule has 1 amide bonds. The first-order valence-corrected chi connectivity index (χ1v) is 10.1. The quantitative estimate of drug-likeness (QED) is 0.432. The topological polar surface area (TPSA) is 104 Å². The predicted octanol–water partition coefficient (Wildman–Crippen LogP) is 1.43. The molecule has 3 heterocycles. The van der Waals surface area contributed by atoms with Crippen LogP contribution in [0.2, 0.25) is 0 Å². The Kier molecular flexibility index (Phi) is 4.92. The monoisotopic (exact) mass is 393 g/mol. The first-order chi connectivity index (χ1) is 13.1. The number of anilines is 2. The Hall–Kier alpha value is -2.33. The van der Waals surface area contributed by atoms with Crippen molar-refractivity contribution in [1.29, 1.82) is 5.41 Å². The maximum atomic E-state index is 14.8. The zero-order valence-corrected chi connectivity index (χ0v) is 15.3. The van der Waals surface area contributed by atoms with Crippen LogP contribution in [0.3, 0.4) is 0 Å². The number of carbonyl (C=O) groups excluding carboxylic acids is 1. The lowest BCUT2D eigenvalue weighted by atomic mass is 10.2. The number of carbonyl (C=O) groups is 1. The van der Waals surface area contributed by atoms with Gasteiger partial charge in [-0.2, -0.15) is 0 Å². The van der Waals surface area contributed by atoms with Crippen LogP contribution >= 0.6 is 0 Å². The Morgan fingerprint density at radius 3 is 3.00 bits per heavy atom. The number of halogens is 1. The number of hydrogen-bond acceptors (Lipinski definition) is 5. The Balaban J connectivity index is 1.46. The number of rotatable bonds is 6. The van der Waals surface area contributed by atoms with Crippen LogP contribution in [-0.2, 0) is 15.9 Å². The third-order valence-corrected chi connectivity index (χ3v) is 6.87. The van der Waals surface area contributed by atoms with Crippen molar-refractivity contribution in [1.82, 2.24) is 5.32 Å². The number of amides is 1. The molecule has 144 valence electrons. The molecule has 4 unspecified atom stereocenters. The lowest BCUT2D eigenvalue weighted by Gasteiger charge is -2.23. The fourth-order valence-corrected chi connectivity index (χ4v) is 5.78. The molecule has 0 aromatic heterocycles. The second-order valence-electron chi connectivity index (χ2n) is 6.71. The third kappa shape index (κ3) is 3.34. The van der Waals surface area contributed by atoms with E-state index in [1.807, 2.05) is 4.90 Å². The van der Waals surface area contributed by atoms with Crippen molar-refractivity contribution in [2.45, 2.75) is 30.4 Å². The van der Waals surface area contributed by atoms with Gasteiger partial charge in [-0.3, -0.25) is 10.3 Å². The van der Waals surface area contributed by atoms with E-state index in [1.54, 1.807) is 12.1 Å². The fraction of sp³-hybridized carbons (Fsp3) is 0.471. The lowest BCUT2D eigenvalue weighted by molar-refractivity contribution is 0.143. The molecule has 0 radical (unpaired) electrons. The van der Waals surface area contributed by atoms with Crippen molar-refractivity contribution in [3.05, 3.63) is 24.0 Å². The van der Waals surface area contributed by atoms with Crippen LogP contribution in [0.4, 0.5) is 20.6 Å². The SMILES string of the molecule is N=C/N=C\NCC1CN(c2ccc(N3C4CCC3[S+]([O-])C4)c(F)c2)C(=O)O1. The minimum Gasteiger partial charge on any atom is -0.615 e. The van der Waals surface area contributed by atoms with Crippen LogP contribution in [-0.4, -0.2) is 59.7 Å². The maximum absolute atomic E-state index is 14.8. The standard InChI is InChI=1S/C17H20FN5O3S/c18-14-5-11(22-7-13(26-17(22)24)6-20-10-21-9-19)1-3-15(14)23-12-2-4-16(23)27(25)8-12/h1,3,5,9-10,12-13,16H,2,4,6-8H2,(H2,19,20,21). The molecule has 4 rings (SSSR count). The first-order valence-electron chi connectivity index (χ1n) is 8.75. The zero-order valence-electron chi connectivity index (χ0n) is 14.5. The lowest BCUT2D eigenvalue weighted by Crippen LogP contribution is -2.32. The van der Waals surface area contributed by atoms with Crippen molar-refractivity contribution in [2.75, 3.05) is 28.6 Å². The van der Waals surface area contributed by atoms with Gasteiger partial charge in [-0.05, 0) is 35.8 Å². The summed E-state index contributed by atoms with van der Waals surface area (Å²) in [5.74, 6) is 0.177. The van der Waals surface area contributed by atoms with Gasteiger partial charge in [-0.1, -0.05) is 0 Å². The summed E-state index contributed by atoms with van der Waals surface area (Å²) in [6.07, 6.45) is 3.09. The molecule has 10 heteroatoms. The van der Waals surface area contributed by atoms with E-state index in [0.29, 0.717) is 30.2 Å². The Labute approximate surface area is 159 Å². The molecule has 2 N–H and O–H groups in total. The largest absolute Gasteiger partial charge is 0.615 e. The van der Waals surface area contributed by atoms with Gasteiger partial charge in [0.1, 0.15) is 24.0 Å². The molecule has 0 aliphatic carbocycles. The summed E-state index contributed by atoms with van der Waals surface area (Å²) in [6.45, 7) is 0.644. The zero-order chi connectivity index (χ0) is 19.0. The number of cyclic esters (lactones) is 1. The molecule has 4 atom stereocenters. The van der Waals surface area contributed by atoms with Gasteiger partial charge < -0.3 is 19.5 Å². The molecule has 1 aromatic carbocycles. The first kappa shape index (κ1) is 18.1. The number of nitrogens with one attached hydrogen (secondary N) is 2. The molecular weight excluding hydrogens is 373 g/mol. The van der Waals surface area contributed by atoms with E-state index in [-0.39, 0.29) is 11.4 Å². The number of ether oxygens (including phenoxy) is 1. The molecule has 3 saturated heterocycles. The Morgan fingerprint density at radius 1 is 1.48 bits per heavy atom. The van der Waals surface area contributed by atoms with Gasteiger partial charge in [0.15, 0.2) is 5.37 Å². The van der Waals surface area contributed by atoms with Crippen molar-refractivity contribution in [3.63, 3.8) is 0 Å². The Bertz CT molecular complexity index is 779.